The number of para-hydroxylation sites is 1. The molecule has 1 fully saturated rings. The third-order valence-corrected chi connectivity index (χ3v) is 5.87. The monoisotopic (exact) mass is 347 g/mol. The van der Waals surface area contributed by atoms with Crippen molar-refractivity contribution >= 4 is 10.0 Å². The van der Waals surface area contributed by atoms with E-state index in [2.05, 4.69) is 0 Å². The summed E-state index contributed by atoms with van der Waals surface area (Å²) in [6.07, 6.45) is -0.256. The molecule has 1 aliphatic heterocycles. The van der Waals surface area contributed by atoms with Gasteiger partial charge in [0.1, 0.15) is 10.6 Å². The Hall–Kier alpha value is -1.89. The maximum atomic E-state index is 13.1. The molecule has 6 heteroatoms. The Labute approximate surface area is 142 Å². The van der Waals surface area contributed by atoms with Crippen LogP contribution in [0.5, 0.6) is 5.75 Å². The third-order valence-electron chi connectivity index (χ3n) is 3.97. The lowest BCUT2D eigenvalue weighted by molar-refractivity contribution is -0.00259. The van der Waals surface area contributed by atoms with Crippen molar-refractivity contribution in [1.29, 1.82) is 0 Å². The van der Waals surface area contributed by atoms with E-state index in [4.69, 9.17) is 9.47 Å². The largest absolute Gasteiger partial charge is 0.492 e. The minimum absolute atomic E-state index is 0.209. The van der Waals surface area contributed by atoms with E-state index in [9.17, 15) is 8.42 Å². The van der Waals surface area contributed by atoms with Gasteiger partial charge in [-0.15, -0.1) is 0 Å². The van der Waals surface area contributed by atoms with E-state index in [-0.39, 0.29) is 11.0 Å². The molecular weight excluding hydrogens is 326 g/mol. The lowest BCUT2D eigenvalue weighted by Gasteiger charge is -2.32. The molecule has 0 aliphatic carbocycles. The predicted octanol–water partition coefficient (Wildman–Crippen LogP) is 2.85. The van der Waals surface area contributed by atoms with Crippen molar-refractivity contribution < 1.29 is 17.9 Å². The predicted molar refractivity (Wildman–Crippen MR) is 91.5 cm³/mol. The standard InChI is InChI=1S/C18H21NO4S/c1-2-22-16-10-6-7-11-18(16)24(20,21)19-12-13-23-17(14-19)15-8-4-3-5-9-15/h3-11,17H,2,12-14H2,1H3. The number of benzene rings is 2. The SMILES string of the molecule is CCOc1ccccc1S(=O)(=O)N1CCOC(c2ccccc2)C1. The van der Waals surface area contributed by atoms with E-state index in [1.54, 1.807) is 24.3 Å². The fourth-order valence-corrected chi connectivity index (χ4v) is 4.35. The second kappa shape index (κ2) is 7.34. The highest BCUT2D eigenvalue weighted by molar-refractivity contribution is 7.89. The molecule has 1 heterocycles. The molecule has 0 saturated carbocycles. The fourth-order valence-electron chi connectivity index (χ4n) is 2.79. The molecule has 0 aromatic heterocycles. The highest BCUT2D eigenvalue weighted by atomic mass is 32.2. The van der Waals surface area contributed by atoms with Crippen LogP contribution >= 0.6 is 0 Å². The van der Waals surface area contributed by atoms with Gasteiger partial charge in [-0.25, -0.2) is 8.42 Å². The van der Waals surface area contributed by atoms with E-state index in [0.717, 1.165) is 5.56 Å². The third kappa shape index (κ3) is 3.45. The number of rotatable bonds is 5. The molecule has 3 rings (SSSR count). The molecule has 1 unspecified atom stereocenters. The Balaban J connectivity index is 1.87. The average molecular weight is 347 g/mol. The molecular formula is C18H21NO4S. The fraction of sp³-hybridized carbons (Fsp3) is 0.333. The van der Waals surface area contributed by atoms with Crippen molar-refractivity contribution in [3.63, 3.8) is 0 Å². The lowest BCUT2D eigenvalue weighted by Crippen LogP contribution is -2.42. The number of ether oxygens (including phenoxy) is 2. The highest BCUT2D eigenvalue weighted by Crippen LogP contribution is 2.30. The van der Waals surface area contributed by atoms with Crippen LogP contribution in [-0.2, 0) is 14.8 Å². The van der Waals surface area contributed by atoms with Gasteiger partial charge in [0.25, 0.3) is 0 Å². The molecule has 0 N–H and O–H groups in total. The van der Waals surface area contributed by atoms with E-state index in [0.29, 0.717) is 32.1 Å². The molecule has 0 amide bonds. The maximum Gasteiger partial charge on any atom is 0.246 e. The number of sulfonamides is 1. The van der Waals surface area contributed by atoms with Crippen molar-refractivity contribution in [2.24, 2.45) is 0 Å². The zero-order valence-electron chi connectivity index (χ0n) is 13.6. The van der Waals surface area contributed by atoms with Crippen molar-refractivity contribution in [2.45, 2.75) is 17.9 Å². The van der Waals surface area contributed by atoms with E-state index in [1.807, 2.05) is 37.3 Å². The molecule has 2 aromatic carbocycles. The van der Waals surface area contributed by atoms with Gasteiger partial charge in [0.15, 0.2) is 0 Å². The summed E-state index contributed by atoms with van der Waals surface area (Å²) in [6.45, 7) is 3.26. The molecule has 5 nitrogen and oxygen atoms in total. The van der Waals surface area contributed by atoms with Gasteiger partial charge in [-0.1, -0.05) is 42.5 Å². The molecule has 1 aliphatic rings. The summed E-state index contributed by atoms with van der Waals surface area (Å²) in [7, 11) is -3.63. The molecule has 2 aromatic rings. The summed E-state index contributed by atoms with van der Waals surface area (Å²) in [5.74, 6) is 0.391. The first-order valence-electron chi connectivity index (χ1n) is 8.01. The van der Waals surface area contributed by atoms with Crippen LogP contribution in [0.2, 0.25) is 0 Å². The second-order valence-electron chi connectivity index (χ2n) is 5.51. The summed E-state index contributed by atoms with van der Waals surface area (Å²) in [6, 6.07) is 16.5. The first-order valence-corrected chi connectivity index (χ1v) is 9.45. The Kier molecular flexibility index (Phi) is 5.18. The lowest BCUT2D eigenvalue weighted by atomic mass is 10.1. The second-order valence-corrected chi connectivity index (χ2v) is 7.42. The number of nitrogens with zero attached hydrogens (tertiary/aromatic N) is 1. The summed E-state index contributed by atoms with van der Waals surface area (Å²) >= 11 is 0. The smallest absolute Gasteiger partial charge is 0.246 e. The minimum Gasteiger partial charge on any atom is -0.492 e. The maximum absolute atomic E-state index is 13.1. The van der Waals surface area contributed by atoms with Gasteiger partial charge < -0.3 is 9.47 Å². The Morgan fingerprint density at radius 3 is 2.58 bits per heavy atom. The zero-order valence-corrected chi connectivity index (χ0v) is 14.4. The number of hydrogen-bond acceptors (Lipinski definition) is 4. The molecule has 0 radical (unpaired) electrons. The molecule has 0 spiro atoms. The summed E-state index contributed by atoms with van der Waals surface area (Å²) in [4.78, 5) is 0.209. The average Bonchev–Trinajstić information content (AvgIpc) is 2.63. The van der Waals surface area contributed by atoms with Gasteiger partial charge in [0.2, 0.25) is 10.0 Å². The van der Waals surface area contributed by atoms with Crippen LogP contribution in [0, 0.1) is 0 Å². The van der Waals surface area contributed by atoms with E-state index >= 15 is 0 Å². The molecule has 128 valence electrons. The molecule has 0 bridgehead atoms. The highest BCUT2D eigenvalue weighted by Gasteiger charge is 2.33. The van der Waals surface area contributed by atoms with Crippen LogP contribution in [0.3, 0.4) is 0 Å². The summed E-state index contributed by atoms with van der Waals surface area (Å²) in [5.41, 5.74) is 0.982. The molecule has 1 saturated heterocycles. The number of morpholine rings is 1. The van der Waals surface area contributed by atoms with Crippen LogP contribution in [0.25, 0.3) is 0 Å². The van der Waals surface area contributed by atoms with Gasteiger partial charge in [0, 0.05) is 13.1 Å². The molecule has 24 heavy (non-hydrogen) atoms. The Morgan fingerprint density at radius 2 is 1.83 bits per heavy atom. The quantitative estimate of drug-likeness (QED) is 0.835. The summed E-state index contributed by atoms with van der Waals surface area (Å²) in [5, 5.41) is 0. The van der Waals surface area contributed by atoms with Crippen LogP contribution < -0.4 is 4.74 Å². The Morgan fingerprint density at radius 1 is 1.12 bits per heavy atom. The minimum atomic E-state index is -3.63. The topological polar surface area (TPSA) is 55.8 Å². The van der Waals surface area contributed by atoms with Crippen molar-refractivity contribution in [2.75, 3.05) is 26.3 Å². The first-order chi connectivity index (χ1) is 11.6. The van der Waals surface area contributed by atoms with Crippen LogP contribution in [0.15, 0.2) is 59.5 Å². The van der Waals surface area contributed by atoms with Gasteiger partial charge in [-0.2, -0.15) is 4.31 Å². The van der Waals surface area contributed by atoms with Gasteiger partial charge in [-0.05, 0) is 24.6 Å². The zero-order chi connectivity index (χ0) is 17.0. The van der Waals surface area contributed by atoms with E-state index < -0.39 is 10.0 Å². The van der Waals surface area contributed by atoms with Gasteiger partial charge in [-0.3, -0.25) is 0 Å². The number of hydrogen-bond donors (Lipinski definition) is 0. The van der Waals surface area contributed by atoms with Crippen molar-refractivity contribution in [3.8, 4) is 5.75 Å². The van der Waals surface area contributed by atoms with Crippen molar-refractivity contribution in [1.82, 2.24) is 4.31 Å². The summed E-state index contributed by atoms with van der Waals surface area (Å²) < 4.78 is 38.8. The van der Waals surface area contributed by atoms with Gasteiger partial charge in [0.05, 0.1) is 19.3 Å². The Bertz CT molecular complexity index is 777. The normalized spacial score (nSPS) is 19.1. The van der Waals surface area contributed by atoms with Crippen LogP contribution in [-0.4, -0.2) is 39.0 Å². The van der Waals surface area contributed by atoms with Crippen molar-refractivity contribution in [3.05, 3.63) is 60.2 Å². The van der Waals surface area contributed by atoms with Gasteiger partial charge >= 0.3 is 0 Å². The molecule has 1 atom stereocenters. The van der Waals surface area contributed by atoms with Crippen LogP contribution in [0.1, 0.15) is 18.6 Å². The van der Waals surface area contributed by atoms with Crippen LogP contribution in [0.4, 0.5) is 0 Å². The first kappa shape index (κ1) is 17.0. The van der Waals surface area contributed by atoms with E-state index in [1.165, 1.54) is 4.31 Å².